The van der Waals surface area contributed by atoms with Crippen molar-refractivity contribution in [2.45, 2.75) is 6.92 Å². The van der Waals surface area contributed by atoms with Crippen molar-refractivity contribution in [2.75, 3.05) is 13.4 Å². The van der Waals surface area contributed by atoms with E-state index in [0.717, 1.165) is 22.8 Å². The molecule has 2 aliphatic rings. The summed E-state index contributed by atoms with van der Waals surface area (Å²) in [5.41, 5.74) is 2.32. The minimum absolute atomic E-state index is 0.307. The molecule has 2 heterocycles. The number of allylic oxidation sites excluding steroid dienone is 1. The van der Waals surface area contributed by atoms with Crippen LogP contribution in [0.1, 0.15) is 12.5 Å². The van der Waals surface area contributed by atoms with Gasteiger partial charge in [0.15, 0.2) is 11.5 Å². The normalized spacial score (nSPS) is 17.1. The molecular formula is C11H10O3. The molecule has 0 aromatic heterocycles. The molecule has 0 aliphatic carbocycles. The molecule has 0 N–H and O–H groups in total. The van der Waals surface area contributed by atoms with E-state index in [0.29, 0.717) is 13.4 Å². The Bertz CT molecular complexity index is 421. The highest BCUT2D eigenvalue weighted by Gasteiger charge is 2.20. The van der Waals surface area contributed by atoms with Crippen LogP contribution >= 0.6 is 0 Å². The first kappa shape index (κ1) is 7.74. The van der Waals surface area contributed by atoms with E-state index in [2.05, 4.69) is 13.0 Å². The van der Waals surface area contributed by atoms with Gasteiger partial charge in [0.25, 0.3) is 0 Å². The molecule has 0 saturated heterocycles. The maximum Gasteiger partial charge on any atom is 0.231 e. The van der Waals surface area contributed by atoms with Crippen LogP contribution in [0.2, 0.25) is 0 Å². The van der Waals surface area contributed by atoms with Gasteiger partial charge in [-0.2, -0.15) is 0 Å². The summed E-state index contributed by atoms with van der Waals surface area (Å²) in [6.07, 6.45) is 2.06. The second-order valence-corrected chi connectivity index (χ2v) is 3.40. The fourth-order valence-electron chi connectivity index (χ4n) is 1.72. The highest BCUT2D eigenvalue weighted by Crippen LogP contribution is 2.41. The van der Waals surface area contributed by atoms with Gasteiger partial charge in [0.2, 0.25) is 6.79 Å². The van der Waals surface area contributed by atoms with Crippen molar-refractivity contribution in [2.24, 2.45) is 0 Å². The highest BCUT2D eigenvalue weighted by atomic mass is 16.7. The van der Waals surface area contributed by atoms with Gasteiger partial charge in [0.05, 0.1) is 0 Å². The number of ether oxygens (including phenoxy) is 3. The van der Waals surface area contributed by atoms with Crippen molar-refractivity contribution in [1.82, 2.24) is 0 Å². The molecule has 1 aromatic rings. The Labute approximate surface area is 81.9 Å². The summed E-state index contributed by atoms with van der Waals surface area (Å²) < 4.78 is 16.1. The second-order valence-electron chi connectivity index (χ2n) is 3.40. The first-order chi connectivity index (χ1) is 6.84. The Morgan fingerprint density at radius 2 is 1.79 bits per heavy atom. The third-order valence-corrected chi connectivity index (χ3v) is 2.53. The molecule has 0 amide bonds. The molecular weight excluding hydrogens is 180 g/mol. The van der Waals surface area contributed by atoms with Gasteiger partial charge in [-0.1, -0.05) is 0 Å². The molecule has 0 spiro atoms. The van der Waals surface area contributed by atoms with E-state index < -0.39 is 0 Å². The smallest absolute Gasteiger partial charge is 0.231 e. The lowest BCUT2D eigenvalue weighted by Gasteiger charge is -2.16. The van der Waals surface area contributed by atoms with E-state index in [4.69, 9.17) is 14.2 Å². The standard InChI is InChI=1S/C11H10O3/c1-7-2-3-12-9-5-11-10(4-8(7)9)13-6-14-11/h2,4-5H,3,6H2,1H3. The average Bonchev–Trinajstić information content (AvgIpc) is 2.62. The predicted octanol–water partition coefficient (Wildman–Crippen LogP) is 2.21. The van der Waals surface area contributed by atoms with Crippen molar-refractivity contribution in [3.8, 4) is 17.2 Å². The van der Waals surface area contributed by atoms with E-state index in [1.807, 2.05) is 12.1 Å². The molecule has 0 fully saturated rings. The van der Waals surface area contributed by atoms with E-state index in [1.54, 1.807) is 0 Å². The minimum Gasteiger partial charge on any atom is -0.489 e. The average molecular weight is 190 g/mol. The number of rotatable bonds is 0. The summed E-state index contributed by atoms with van der Waals surface area (Å²) in [6, 6.07) is 3.87. The Hall–Kier alpha value is -1.64. The largest absolute Gasteiger partial charge is 0.489 e. The van der Waals surface area contributed by atoms with Crippen molar-refractivity contribution in [1.29, 1.82) is 0 Å². The fourth-order valence-corrected chi connectivity index (χ4v) is 1.72. The molecule has 0 bridgehead atoms. The first-order valence-electron chi connectivity index (χ1n) is 4.58. The Morgan fingerprint density at radius 3 is 2.64 bits per heavy atom. The van der Waals surface area contributed by atoms with Crippen LogP contribution < -0.4 is 14.2 Å². The lowest BCUT2D eigenvalue weighted by atomic mass is 10.0. The van der Waals surface area contributed by atoms with Gasteiger partial charge in [0, 0.05) is 11.6 Å². The first-order valence-corrected chi connectivity index (χ1v) is 4.58. The molecule has 0 atom stereocenters. The van der Waals surface area contributed by atoms with Gasteiger partial charge in [-0.25, -0.2) is 0 Å². The molecule has 14 heavy (non-hydrogen) atoms. The van der Waals surface area contributed by atoms with Crippen LogP contribution in [0, 0.1) is 0 Å². The molecule has 3 heteroatoms. The zero-order valence-electron chi connectivity index (χ0n) is 7.87. The third-order valence-electron chi connectivity index (χ3n) is 2.53. The summed E-state index contributed by atoms with van der Waals surface area (Å²) >= 11 is 0. The van der Waals surface area contributed by atoms with Crippen LogP contribution in [-0.4, -0.2) is 13.4 Å². The van der Waals surface area contributed by atoms with E-state index in [9.17, 15) is 0 Å². The highest BCUT2D eigenvalue weighted by molar-refractivity contribution is 5.73. The van der Waals surface area contributed by atoms with Crippen molar-refractivity contribution in [3.05, 3.63) is 23.8 Å². The SMILES string of the molecule is CC1=CCOc2cc3c(cc21)OCO3. The zero-order valence-corrected chi connectivity index (χ0v) is 7.87. The summed E-state index contributed by atoms with van der Waals surface area (Å²) in [7, 11) is 0. The quantitative estimate of drug-likeness (QED) is 0.627. The molecule has 1 aromatic carbocycles. The predicted molar refractivity (Wildman–Crippen MR) is 51.7 cm³/mol. The van der Waals surface area contributed by atoms with Gasteiger partial charge in [0.1, 0.15) is 12.4 Å². The van der Waals surface area contributed by atoms with Gasteiger partial charge >= 0.3 is 0 Å². The lowest BCUT2D eigenvalue weighted by molar-refractivity contribution is 0.174. The van der Waals surface area contributed by atoms with Crippen LogP contribution in [-0.2, 0) is 0 Å². The van der Waals surface area contributed by atoms with Crippen LogP contribution in [0.25, 0.3) is 5.57 Å². The van der Waals surface area contributed by atoms with E-state index in [1.165, 1.54) is 5.57 Å². The molecule has 2 aliphatic heterocycles. The second kappa shape index (κ2) is 2.67. The monoisotopic (exact) mass is 190 g/mol. The summed E-state index contributed by atoms with van der Waals surface area (Å²) in [6.45, 7) is 3.02. The molecule has 72 valence electrons. The Balaban J connectivity index is 2.19. The van der Waals surface area contributed by atoms with Crippen molar-refractivity contribution < 1.29 is 14.2 Å². The van der Waals surface area contributed by atoms with Gasteiger partial charge in [-0.15, -0.1) is 0 Å². The van der Waals surface area contributed by atoms with E-state index in [-0.39, 0.29) is 0 Å². The topological polar surface area (TPSA) is 27.7 Å². The molecule has 3 rings (SSSR count). The third kappa shape index (κ3) is 0.985. The van der Waals surface area contributed by atoms with Crippen molar-refractivity contribution >= 4 is 5.57 Å². The van der Waals surface area contributed by atoms with Crippen LogP contribution in [0.3, 0.4) is 0 Å². The van der Waals surface area contributed by atoms with Crippen LogP contribution in [0.15, 0.2) is 18.2 Å². The van der Waals surface area contributed by atoms with E-state index >= 15 is 0 Å². The zero-order chi connectivity index (χ0) is 9.54. The Morgan fingerprint density at radius 1 is 1.00 bits per heavy atom. The molecule has 0 unspecified atom stereocenters. The summed E-state index contributed by atoms with van der Waals surface area (Å²) in [5, 5.41) is 0. The maximum absolute atomic E-state index is 5.51. The Kier molecular flexibility index (Phi) is 1.48. The van der Waals surface area contributed by atoms with Gasteiger partial charge < -0.3 is 14.2 Å². The number of fused-ring (bicyclic) bond motifs is 2. The number of benzene rings is 1. The van der Waals surface area contributed by atoms with Crippen LogP contribution in [0.4, 0.5) is 0 Å². The summed E-state index contributed by atoms with van der Waals surface area (Å²) in [5.74, 6) is 2.47. The molecule has 0 radical (unpaired) electrons. The maximum atomic E-state index is 5.51. The van der Waals surface area contributed by atoms with Crippen LogP contribution in [0.5, 0.6) is 17.2 Å². The molecule has 3 nitrogen and oxygen atoms in total. The van der Waals surface area contributed by atoms with Crippen molar-refractivity contribution in [3.63, 3.8) is 0 Å². The van der Waals surface area contributed by atoms with Gasteiger partial charge in [-0.05, 0) is 24.6 Å². The fraction of sp³-hybridized carbons (Fsp3) is 0.273. The molecule has 0 saturated carbocycles. The minimum atomic E-state index is 0.307. The summed E-state index contributed by atoms with van der Waals surface area (Å²) in [4.78, 5) is 0. The van der Waals surface area contributed by atoms with Gasteiger partial charge in [-0.3, -0.25) is 0 Å². The number of hydrogen-bond donors (Lipinski definition) is 0. The number of hydrogen-bond acceptors (Lipinski definition) is 3. The lowest BCUT2D eigenvalue weighted by Crippen LogP contribution is -2.02.